The van der Waals surface area contributed by atoms with E-state index in [2.05, 4.69) is 44.3 Å². The van der Waals surface area contributed by atoms with Crippen molar-refractivity contribution in [3.8, 4) is 0 Å². The van der Waals surface area contributed by atoms with Crippen LogP contribution in [-0.4, -0.2) is 74.8 Å². The average Bonchev–Trinajstić information content (AvgIpc) is 3.32. The zero-order chi connectivity index (χ0) is 39.7. The third kappa shape index (κ3) is 6.77. The van der Waals surface area contributed by atoms with Crippen molar-refractivity contribution in [1.82, 2.24) is 5.32 Å². The van der Waals surface area contributed by atoms with E-state index in [1.165, 1.54) is 6.92 Å². The van der Waals surface area contributed by atoms with Crippen molar-refractivity contribution in [2.24, 2.45) is 52.8 Å². The first-order valence-corrected chi connectivity index (χ1v) is 20.2. The molecule has 10 nitrogen and oxygen atoms in total. The molecule has 0 aromatic heterocycles. The van der Waals surface area contributed by atoms with E-state index in [4.69, 9.17) is 14.2 Å². The van der Waals surface area contributed by atoms with Crippen molar-refractivity contribution < 1.29 is 43.9 Å². The van der Waals surface area contributed by atoms with Gasteiger partial charge < -0.3 is 34.8 Å². The summed E-state index contributed by atoms with van der Waals surface area (Å²) in [7, 11) is 0. The maximum atomic E-state index is 15.1. The van der Waals surface area contributed by atoms with E-state index in [0.717, 1.165) is 30.4 Å². The van der Waals surface area contributed by atoms with Crippen LogP contribution in [-0.2, 0) is 28.6 Å². The highest BCUT2D eigenvalue weighted by molar-refractivity contribution is 6.26. The van der Waals surface area contributed by atoms with Crippen molar-refractivity contribution in [3.05, 3.63) is 58.9 Å². The Hall–Kier alpha value is -3.05. The first-order chi connectivity index (χ1) is 25.3. The second-order valence-electron chi connectivity index (χ2n) is 18.2. The molecule has 16 atom stereocenters. The van der Waals surface area contributed by atoms with Crippen molar-refractivity contribution in [3.63, 3.8) is 0 Å². The second kappa shape index (κ2) is 14.8. The smallest absolute Gasteiger partial charge is 0.346 e. The normalized spacial score (nSPS) is 49.7. The van der Waals surface area contributed by atoms with Gasteiger partial charge >= 0.3 is 5.97 Å². The molecule has 0 aromatic carbocycles. The lowest BCUT2D eigenvalue weighted by molar-refractivity contribution is -0.256. The molecule has 10 heteroatoms. The average molecular weight is 750 g/mol. The Morgan fingerprint density at radius 1 is 1.00 bits per heavy atom. The van der Waals surface area contributed by atoms with Crippen LogP contribution in [0.25, 0.3) is 0 Å². The maximum Gasteiger partial charge on any atom is 0.346 e. The summed E-state index contributed by atoms with van der Waals surface area (Å²) >= 11 is 0. The van der Waals surface area contributed by atoms with Gasteiger partial charge in [0.25, 0.3) is 0 Å². The van der Waals surface area contributed by atoms with Crippen molar-refractivity contribution in [2.45, 2.75) is 143 Å². The minimum absolute atomic E-state index is 0.00000987. The van der Waals surface area contributed by atoms with Crippen LogP contribution < -0.4 is 5.32 Å². The molecule has 3 fully saturated rings. The number of fused-ring (bicyclic) bond motifs is 4. The van der Waals surface area contributed by atoms with Crippen LogP contribution in [0.5, 0.6) is 0 Å². The first-order valence-electron chi connectivity index (χ1n) is 20.2. The molecular formula is C44H63NO9. The molecule has 1 saturated carbocycles. The summed E-state index contributed by atoms with van der Waals surface area (Å²) in [5.74, 6) is -3.55. The van der Waals surface area contributed by atoms with Crippen molar-refractivity contribution in [1.29, 1.82) is 0 Å². The van der Waals surface area contributed by atoms with Gasteiger partial charge in [-0.2, -0.15) is 0 Å². The molecule has 0 aromatic rings. The summed E-state index contributed by atoms with van der Waals surface area (Å²) < 4.78 is 19.5. The lowest BCUT2D eigenvalue weighted by Crippen LogP contribution is -2.62. The molecular weight excluding hydrogens is 686 g/mol. The fourth-order valence-corrected chi connectivity index (χ4v) is 11.5. The Morgan fingerprint density at radius 2 is 1.70 bits per heavy atom. The highest BCUT2D eigenvalue weighted by atomic mass is 16.7. The summed E-state index contributed by atoms with van der Waals surface area (Å²) in [6, 6.07) is -0.630. The lowest BCUT2D eigenvalue weighted by atomic mass is 9.49. The quantitative estimate of drug-likeness (QED) is 0.142. The number of allylic oxidation sites excluding steroid dienone is 4. The van der Waals surface area contributed by atoms with Gasteiger partial charge in [-0.05, 0) is 69.8 Å². The van der Waals surface area contributed by atoms with Gasteiger partial charge in [-0.15, -0.1) is 0 Å². The number of ketones is 1. The van der Waals surface area contributed by atoms with Gasteiger partial charge in [-0.1, -0.05) is 83.1 Å². The number of hydrogen-bond donors (Lipinski definition) is 4. The molecule has 2 saturated heterocycles. The molecule has 2 heterocycles. The van der Waals surface area contributed by atoms with Gasteiger partial charge in [0.1, 0.15) is 11.3 Å². The highest BCUT2D eigenvalue weighted by Crippen LogP contribution is 2.60. The van der Waals surface area contributed by atoms with E-state index in [0.29, 0.717) is 6.42 Å². The number of carbonyl (C=O) groups excluding carboxylic acids is 3. The zero-order valence-corrected chi connectivity index (χ0v) is 33.8. The fourth-order valence-electron chi connectivity index (χ4n) is 11.5. The Kier molecular flexibility index (Phi) is 11.1. The molecule has 16 unspecified atom stereocenters. The third-order valence-corrected chi connectivity index (χ3v) is 13.9. The molecule has 6 rings (SSSR count). The number of ether oxygens (including phenoxy) is 3. The standard InChI is InChI=1S/C44H63NO9/c1-11-12-29-13-14-30-19-26(6)37(53-33-21-42(9,51)38(27(7)52-33)45-28(8)46)25(5)17-22(2)32-16-15-31-35(23(3)18-24(4)36(31)47)43(32,10)39(48)34-40(49)44(30,20-29)54-41(34)50/h13-17,19,23-25,27,29-33,35-38,47-48,51H,11-12,18,20-21H2,1-10H3,(H,45,46)/b22-17+,26-19+,39-34+. The fraction of sp³-hybridized carbons (Fsp3) is 0.705. The van der Waals surface area contributed by atoms with E-state index in [1.54, 1.807) is 13.8 Å². The van der Waals surface area contributed by atoms with E-state index in [1.807, 2.05) is 45.9 Å². The number of nitrogens with one attached hydrogen (secondary N) is 1. The molecule has 0 radical (unpaired) electrons. The second-order valence-corrected chi connectivity index (χ2v) is 18.2. The van der Waals surface area contributed by atoms with Crippen molar-refractivity contribution >= 4 is 17.7 Å². The topological polar surface area (TPSA) is 152 Å². The molecule has 298 valence electrons. The molecule has 54 heavy (non-hydrogen) atoms. The molecule has 6 aliphatic rings. The van der Waals surface area contributed by atoms with Gasteiger partial charge in [0.15, 0.2) is 11.9 Å². The van der Waals surface area contributed by atoms with E-state index < -0.39 is 70.8 Å². The number of carbonyl (C=O) groups is 3. The minimum atomic E-state index is -1.55. The third-order valence-electron chi connectivity index (χ3n) is 13.9. The highest BCUT2D eigenvalue weighted by Gasteiger charge is 2.63. The van der Waals surface area contributed by atoms with Gasteiger partial charge in [0.2, 0.25) is 11.7 Å². The number of aliphatic hydroxyl groups is 3. The maximum absolute atomic E-state index is 15.1. The lowest BCUT2D eigenvalue weighted by Gasteiger charge is -2.55. The number of rotatable bonds is 5. The first kappa shape index (κ1) is 40.6. The number of aliphatic hydroxyl groups excluding tert-OH is 2. The molecule has 1 amide bonds. The summed E-state index contributed by atoms with van der Waals surface area (Å²) in [4.78, 5) is 41.2. The van der Waals surface area contributed by atoms with Gasteiger partial charge in [-0.25, -0.2) is 4.79 Å². The molecule has 4 N–H and O–H groups in total. The van der Waals surface area contributed by atoms with Crippen LogP contribution in [0.3, 0.4) is 0 Å². The van der Waals surface area contributed by atoms with Crippen LogP contribution in [0.4, 0.5) is 0 Å². The predicted octanol–water partition coefficient (Wildman–Crippen LogP) is 6.44. The van der Waals surface area contributed by atoms with E-state index >= 15 is 4.79 Å². The van der Waals surface area contributed by atoms with Gasteiger partial charge in [0.05, 0.1) is 30.0 Å². The number of hydrogen-bond acceptors (Lipinski definition) is 9. The molecule has 2 bridgehead atoms. The van der Waals surface area contributed by atoms with Gasteiger partial charge in [0, 0.05) is 48.9 Å². The Balaban J connectivity index is 1.52. The van der Waals surface area contributed by atoms with Crippen LogP contribution in [0.2, 0.25) is 0 Å². The largest absolute Gasteiger partial charge is 0.511 e. The number of amides is 1. The Bertz CT molecular complexity index is 1670. The Morgan fingerprint density at radius 3 is 2.35 bits per heavy atom. The van der Waals surface area contributed by atoms with E-state index in [9.17, 15) is 24.9 Å². The summed E-state index contributed by atoms with van der Waals surface area (Å²) in [6.45, 7) is 19.2. The summed E-state index contributed by atoms with van der Waals surface area (Å²) in [5, 5.41) is 38.6. The van der Waals surface area contributed by atoms with Crippen molar-refractivity contribution in [2.75, 3.05) is 0 Å². The summed E-state index contributed by atoms with van der Waals surface area (Å²) in [5.41, 5.74) is -2.52. The van der Waals surface area contributed by atoms with Crippen LogP contribution >= 0.6 is 0 Å². The van der Waals surface area contributed by atoms with Crippen LogP contribution in [0.15, 0.2) is 58.9 Å². The molecule has 2 aliphatic heterocycles. The van der Waals surface area contributed by atoms with Crippen LogP contribution in [0, 0.1) is 52.8 Å². The molecule has 4 aliphatic carbocycles. The summed E-state index contributed by atoms with van der Waals surface area (Å²) in [6.07, 6.45) is 12.5. The van der Waals surface area contributed by atoms with Crippen LogP contribution in [0.1, 0.15) is 101 Å². The van der Waals surface area contributed by atoms with E-state index in [-0.39, 0.29) is 59.2 Å². The Labute approximate surface area is 321 Å². The number of Topliss-reactive ketones (excluding diaryl/α,β-unsaturated/α-hetero) is 1. The van der Waals surface area contributed by atoms with Gasteiger partial charge in [-0.3, -0.25) is 9.59 Å². The minimum Gasteiger partial charge on any atom is -0.511 e. The zero-order valence-electron chi connectivity index (χ0n) is 33.8. The predicted molar refractivity (Wildman–Crippen MR) is 205 cm³/mol. The SMILES string of the molecule is CCCC1C=CC2/C=C(\C)C(OC3CC(C)(O)C(NC(C)=O)C(C)O3)C(C)/C=C(\C)C3C=CC4C(O)C(C)CC(C)C4C3(C)/C(O)=C3\C(=O)OC2(C1)C3=O. The molecule has 1 spiro atoms. The monoisotopic (exact) mass is 749 g/mol. The number of esters is 1.